The molecule has 0 aliphatic heterocycles. The van der Waals surface area contributed by atoms with E-state index in [-0.39, 0.29) is 6.10 Å². The van der Waals surface area contributed by atoms with Crippen LogP contribution < -0.4 is 11.1 Å². The van der Waals surface area contributed by atoms with Gasteiger partial charge >= 0.3 is 0 Å². The van der Waals surface area contributed by atoms with Crippen LogP contribution in [0.15, 0.2) is 18.2 Å². The Bertz CT molecular complexity index is 276. The molecule has 0 aliphatic rings. The molecule has 4 heteroatoms. The van der Waals surface area contributed by atoms with Crippen LogP contribution in [0.25, 0.3) is 0 Å². The third-order valence-corrected chi connectivity index (χ3v) is 1.88. The summed E-state index contributed by atoms with van der Waals surface area (Å²) in [7, 11) is 0. The van der Waals surface area contributed by atoms with Crippen LogP contribution in [0.3, 0.4) is 0 Å². The zero-order valence-corrected chi connectivity index (χ0v) is 8.40. The molecule has 0 saturated heterocycles. The van der Waals surface area contributed by atoms with Gasteiger partial charge in [-0.25, -0.2) is 4.98 Å². The number of nitrogens with one attached hydrogen (secondary N) is 1. The lowest BCUT2D eigenvalue weighted by Gasteiger charge is -2.06. The Morgan fingerprint density at radius 2 is 2.36 bits per heavy atom. The number of aliphatic hydroxyl groups is 1. The molecule has 1 unspecified atom stereocenters. The van der Waals surface area contributed by atoms with E-state index in [0.29, 0.717) is 5.82 Å². The van der Waals surface area contributed by atoms with Crippen LogP contribution in [0.1, 0.15) is 19.8 Å². The first kappa shape index (κ1) is 10.8. The zero-order valence-electron chi connectivity index (χ0n) is 8.40. The summed E-state index contributed by atoms with van der Waals surface area (Å²) in [5.41, 5.74) is 5.52. The molecule has 0 saturated carbocycles. The highest BCUT2D eigenvalue weighted by molar-refractivity contribution is 5.41. The van der Waals surface area contributed by atoms with Gasteiger partial charge in [0.05, 0.1) is 6.10 Å². The Hall–Kier alpha value is -1.29. The molecule has 14 heavy (non-hydrogen) atoms. The van der Waals surface area contributed by atoms with Crippen molar-refractivity contribution in [1.82, 2.24) is 4.98 Å². The number of nitrogen functional groups attached to an aromatic ring is 1. The van der Waals surface area contributed by atoms with Gasteiger partial charge in [0.1, 0.15) is 11.6 Å². The molecule has 0 aromatic carbocycles. The molecule has 0 aliphatic carbocycles. The van der Waals surface area contributed by atoms with Crippen molar-refractivity contribution in [2.75, 3.05) is 17.6 Å². The fraction of sp³-hybridized carbons (Fsp3) is 0.500. The van der Waals surface area contributed by atoms with E-state index in [4.69, 9.17) is 10.8 Å². The molecule has 0 bridgehead atoms. The fourth-order valence-electron chi connectivity index (χ4n) is 1.16. The second kappa shape index (κ2) is 5.44. The minimum absolute atomic E-state index is 0.231. The van der Waals surface area contributed by atoms with Crippen molar-refractivity contribution in [2.24, 2.45) is 0 Å². The standard InChI is InChI=1S/C10H17N3O/c1-8(14)4-3-7-12-10-6-2-5-9(11)13-10/h2,5-6,8,14H,3-4,7H2,1H3,(H3,11,12,13). The molecule has 1 heterocycles. The average molecular weight is 195 g/mol. The van der Waals surface area contributed by atoms with Crippen molar-refractivity contribution in [1.29, 1.82) is 0 Å². The summed E-state index contributed by atoms with van der Waals surface area (Å²) in [6, 6.07) is 5.49. The van der Waals surface area contributed by atoms with Crippen LogP contribution in [-0.4, -0.2) is 22.7 Å². The van der Waals surface area contributed by atoms with Gasteiger partial charge in [0.15, 0.2) is 0 Å². The van der Waals surface area contributed by atoms with Gasteiger partial charge in [-0.2, -0.15) is 0 Å². The first-order chi connectivity index (χ1) is 6.68. The Kier molecular flexibility index (Phi) is 4.19. The Labute approximate surface area is 84.2 Å². The number of hydrogen-bond acceptors (Lipinski definition) is 4. The minimum Gasteiger partial charge on any atom is -0.393 e. The molecule has 0 amide bonds. The summed E-state index contributed by atoms with van der Waals surface area (Å²) in [6.45, 7) is 2.60. The summed E-state index contributed by atoms with van der Waals surface area (Å²) >= 11 is 0. The van der Waals surface area contributed by atoms with E-state index in [1.807, 2.05) is 12.1 Å². The van der Waals surface area contributed by atoms with Gasteiger partial charge in [-0.3, -0.25) is 0 Å². The second-order valence-electron chi connectivity index (χ2n) is 3.37. The van der Waals surface area contributed by atoms with Crippen LogP contribution in [0.2, 0.25) is 0 Å². The van der Waals surface area contributed by atoms with Crippen molar-refractivity contribution in [2.45, 2.75) is 25.9 Å². The van der Waals surface area contributed by atoms with E-state index in [1.54, 1.807) is 13.0 Å². The number of rotatable bonds is 5. The first-order valence-corrected chi connectivity index (χ1v) is 4.83. The molecular formula is C10H17N3O. The number of aliphatic hydroxyl groups excluding tert-OH is 1. The molecular weight excluding hydrogens is 178 g/mol. The van der Waals surface area contributed by atoms with Crippen LogP contribution in [0.5, 0.6) is 0 Å². The van der Waals surface area contributed by atoms with E-state index in [9.17, 15) is 0 Å². The molecule has 1 atom stereocenters. The lowest BCUT2D eigenvalue weighted by Crippen LogP contribution is -2.07. The van der Waals surface area contributed by atoms with Gasteiger partial charge in [0.2, 0.25) is 0 Å². The highest BCUT2D eigenvalue weighted by Gasteiger charge is 1.96. The normalized spacial score (nSPS) is 12.4. The SMILES string of the molecule is CC(O)CCCNc1cccc(N)n1. The number of pyridine rings is 1. The summed E-state index contributed by atoms with van der Waals surface area (Å²) in [5, 5.41) is 12.2. The van der Waals surface area contributed by atoms with Crippen molar-refractivity contribution < 1.29 is 5.11 Å². The van der Waals surface area contributed by atoms with Crippen LogP contribution in [-0.2, 0) is 0 Å². The summed E-state index contributed by atoms with van der Waals surface area (Å²) < 4.78 is 0. The van der Waals surface area contributed by atoms with E-state index >= 15 is 0 Å². The van der Waals surface area contributed by atoms with E-state index in [0.717, 1.165) is 25.2 Å². The Balaban J connectivity index is 2.25. The molecule has 0 radical (unpaired) electrons. The van der Waals surface area contributed by atoms with Gasteiger partial charge in [-0.1, -0.05) is 6.07 Å². The first-order valence-electron chi connectivity index (χ1n) is 4.83. The van der Waals surface area contributed by atoms with Crippen molar-refractivity contribution in [3.8, 4) is 0 Å². The Morgan fingerprint density at radius 3 is 3.00 bits per heavy atom. The number of anilines is 2. The highest BCUT2D eigenvalue weighted by atomic mass is 16.3. The third kappa shape index (κ3) is 4.09. The highest BCUT2D eigenvalue weighted by Crippen LogP contribution is 2.06. The maximum Gasteiger partial charge on any atom is 0.128 e. The van der Waals surface area contributed by atoms with Crippen molar-refractivity contribution >= 4 is 11.6 Å². The lowest BCUT2D eigenvalue weighted by molar-refractivity contribution is 0.183. The third-order valence-electron chi connectivity index (χ3n) is 1.88. The van der Waals surface area contributed by atoms with Crippen molar-refractivity contribution in [3.05, 3.63) is 18.2 Å². The molecule has 0 spiro atoms. The average Bonchev–Trinajstić information content (AvgIpc) is 2.12. The molecule has 1 rings (SSSR count). The van der Waals surface area contributed by atoms with E-state index in [1.165, 1.54) is 0 Å². The summed E-state index contributed by atoms with van der Waals surface area (Å²) in [6.07, 6.45) is 1.49. The largest absolute Gasteiger partial charge is 0.393 e. The van der Waals surface area contributed by atoms with Gasteiger partial charge in [-0.15, -0.1) is 0 Å². The van der Waals surface area contributed by atoms with E-state index < -0.39 is 0 Å². The number of aromatic nitrogens is 1. The second-order valence-corrected chi connectivity index (χ2v) is 3.37. The molecule has 0 fully saturated rings. The van der Waals surface area contributed by atoms with Crippen LogP contribution >= 0.6 is 0 Å². The maximum atomic E-state index is 9.03. The van der Waals surface area contributed by atoms with Gasteiger partial charge in [-0.05, 0) is 31.9 Å². The predicted molar refractivity (Wildman–Crippen MR) is 58.1 cm³/mol. The van der Waals surface area contributed by atoms with E-state index in [2.05, 4.69) is 10.3 Å². The minimum atomic E-state index is -0.231. The monoisotopic (exact) mass is 195 g/mol. The summed E-state index contributed by atoms with van der Waals surface area (Å²) in [5.74, 6) is 1.31. The topological polar surface area (TPSA) is 71.2 Å². The lowest BCUT2D eigenvalue weighted by atomic mass is 10.2. The quantitative estimate of drug-likeness (QED) is 0.618. The van der Waals surface area contributed by atoms with Crippen molar-refractivity contribution in [3.63, 3.8) is 0 Å². The number of nitrogens with zero attached hydrogens (tertiary/aromatic N) is 1. The van der Waals surface area contributed by atoms with Gasteiger partial charge in [0.25, 0.3) is 0 Å². The van der Waals surface area contributed by atoms with Gasteiger partial charge < -0.3 is 16.2 Å². The predicted octanol–water partition coefficient (Wildman–Crippen LogP) is 1.24. The smallest absolute Gasteiger partial charge is 0.128 e. The number of hydrogen-bond donors (Lipinski definition) is 3. The van der Waals surface area contributed by atoms with Gasteiger partial charge in [0, 0.05) is 6.54 Å². The zero-order chi connectivity index (χ0) is 10.4. The molecule has 4 nitrogen and oxygen atoms in total. The van der Waals surface area contributed by atoms with Crippen LogP contribution in [0, 0.1) is 0 Å². The number of nitrogens with two attached hydrogens (primary N) is 1. The molecule has 1 aromatic rings. The fourth-order valence-corrected chi connectivity index (χ4v) is 1.16. The molecule has 78 valence electrons. The molecule has 4 N–H and O–H groups in total. The summed E-state index contributed by atoms with van der Waals surface area (Å²) in [4.78, 5) is 4.09. The van der Waals surface area contributed by atoms with Crippen LogP contribution in [0.4, 0.5) is 11.6 Å². The Morgan fingerprint density at radius 1 is 1.57 bits per heavy atom. The molecule has 1 aromatic heterocycles. The maximum absolute atomic E-state index is 9.03.